The minimum Gasteiger partial charge on any atom is -0.340 e. The van der Waals surface area contributed by atoms with Crippen LogP contribution in [0, 0.1) is 11.8 Å². The van der Waals surface area contributed by atoms with Gasteiger partial charge >= 0.3 is 0 Å². The van der Waals surface area contributed by atoms with Crippen molar-refractivity contribution in [3.8, 4) is 0 Å². The largest absolute Gasteiger partial charge is 0.340 e. The second-order valence-electron chi connectivity index (χ2n) is 9.45. The SMILES string of the molecule is O=C(C1CCC(=O)N1Cc1ccccc1)N1CC2CC(CN(Cc3ccccc3)C2)C1. The lowest BCUT2D eigenvalue weighted by Crippen LogP contribution is -2.57. The molecule has 0 N–H and O–H groups in total. The number of piperidine rings is 2. The zero-order chi connectivity index (χ0) is 21.2. The van der Waals surface area contributed by atoms with E-state index in [1.54, 1.807) is 0 Å². The maximum absolute atomic E-state index is 13.5. The van der Waals surface area contributed by atoms with Crippen LogP contribution in [-0.2, 0) is 22.7 Å². The summed E-state index contributed by atoms with van der Waals surface area (Å²) in [6, 6.07) is 20.4. The van der Waals surface area contributed by atoms with Crippen LogP contribution >= 0.6 is 0 Å². The molecule has 3 fully saturated rings. The number of amides is 2. The smallest absolute Gasteiger partial charge is 0.245 e. The van der Waals surface area contributed by atoms with Gasteiger partial charge in [-0.05, 0) is 35.8 Å². The fourth-order valence-corrected chi connectivity index (χ4v) is 5.72. The minimum absolute atomic E-state index is 0.105. The van der Waals surface area contributed by atoms with Gasteiger partial charge in [0.15, 0.2) is 0 Å². The highest BCUT2D eigenvalue weighted by Crippen LogP contribution is 2.31. The number of hydrogen-bond acceptors (Lipinski definition) is 3. The van der Waals surface area contributed by atoms with Crippen molar-refractivity contribution in [2.24, 2.45) is 11.8 Å². The number of benzene rings is 2. The van der Waals surface area contributed by atoms with Gasteiger partial charge in [0.1, 0.15) is 6.04 Å². The van der Waals surface area contributed by atoms with Gasteiger partial charge in [0, 0.05) is 45.7 Å². The molecule has 0 aromatic heterocycles. The molecule has 3 unspecified atom stereocenters. The second kappa shape index (κ2) is 8.83. The van der Waals surface area contributed by atoms with Gasteiger partial charge in [-0.2, -0.15) is 0 Å². The molecule has 2 aromatic carbocycles. The van der Waals surface area contributed by atoms with Crippen molar-refractivity contribution < 1.29 is 9.59 Å². The summed E-state index contributed by atoms with van der Waals surface area (Å²) in [6.45, 7) is 5.26. The van der Waals surface area contributed by atoms with E-state index >= 15 is 0 Å². The molecule has 31 heavy (non-hydrogen) atoms. The summed E-state index contributed by atoms with van der Waals surface area (Å²) in [5.41, 5.74) is 2.44. The standard InChI is InChI=1S/C26H31N3O2/c30-25-12-11-24(29(25)19-21-9-5-2-6-10-21)26(31)28-17-22-13-23(18-28)16-27(15-22)14-20-7-3-1-4-8-20/h1-10,22-24H,11-19H2. The molecule has 3 aliphatic rings. The Balaban J connectivity index is 1.22. The van der Waals surface area contributed by atoms with Gasteiger partial charge in [0.05, 0.1) is 0 Å². The first-order chi connectivity index (χ1) is 15.2. The number of likely N-dealkylation sites (tertiary alicyclic amines) is 3. The molecule has 3 aliphatic heterocycles. The molecule has 5 nitrogen and oxygen atoms in total. The Hall–Kier alpha value is -2.66. The van der Waals surface area contributed by atoms with Crippen LogP contribution in [0.4, 0.5) is 0 Å². The molecule has 2 amide bonds. The molecule has 5 rings (SSSR count). The molecule has 0 radical (unpaired) electrons. The summed E-state index contributed by atoms with van der Waals surface area (Å²) in [5.74, 6) is 1.32. The Morgan fingerprint density at radius 2 is 1.39 bits per heavy atom. The van der Waals surface area contributed by atoms with Crippen molar-refractivity contribution in [3.63, 3.8) is 0 Å². The van der Waals surface area contributed by atoms with Crippen LogP contribution in [0.3, 0.4) is 0 Å². The van der Waals surface area contributed by atoms with Crippen LogP contribution in [-0.4, -0.2) is 58.7 Å². The van der Waals surface area contributed by atoms with E-state index in [2.05, 4.69) is 40.1 Å². The average Bonchev–Trinajstić information content (AvgIpc) is 3.14. The highest BCUT2D eigenvalue weighted by molar-refractivity contribution is 5.91. The number of carbonyl (C=O) groups is 2. The maximum Gasteiger partial charge on any atom is 0.245 e. The summed E-state index contributed by atoms with van der Waals surface area (Å²) >= 11 is 0. The van der Waals surface area contributed by atoms with Gasteiger partial charge in [0.25, 0.3) is 0 Å². The summed E-state index contributed by atoms with van der Waals surface area (Å²) in [6.07, 6.45) is 2.34. The van der Waals surface area contributed by atoms with Crippen molar-refractivity contribution >= 4 is 11.8 Å². The van der Waals surface area contributed by atoms with E-state index in [0.29, 0.717) is 31.2 Å². The third-order valence-electron chi connectivity index (χ3n) is 7.03. The number of fused-ring (bicyclic) bond motifs is 2. The van der Waals surface area contributed by atoms with E-state index in [-0.39, 0.29) is 17.9 Å². The van der Waals surface area contributed by atoms with Gasteiger partial charge in [-0.25, -0.2) is 0 Å². The summed E-state index contributed by atoms with van der Waals surface area (Å²) < 4.78 is 0. The molecular weight excluding hydrogens is 386 g/mol. The van der Waals surface area contributed by atoms with E-state index in [1.165, 1.54) is 12.0 Å². The molecule has 3 heterocycles. The molecule has 5 heteroatoms. The van der Waals surface area contributed by atoms with Crippen LogP contribution in [0.2, 0.25) is 0 Å². The lowest BCUT2D eigenvalue weighted by atomic mass is 9.84. The second-order valence-corrected chi connectivity index (χ2v) is 9.45. The van der Waals surface area contributed by atoms with Crippen molar-refractivity contribution in [3.05, 3.63) is 71.8 Å². The van der Waals surface area contributed by atoms with Gasteiger partial charge < -0.3 is 9.80 Å². The minimum atomic E-state index is -0.299. The zero-order valence-corrected chi connectivity index (χ0v) is 18.0. The lowest BCUT2D eigenvalue weighted by Gasteiger charge is -2.46. The first kappa shape index (κ1) is 20.3. The number of hydrogen-bond donors (Lipinski definition) is 0. The predicted octanol–water partition coefficient (Wildman–Crippen LogP) is 3.16. The van der Waals surface area contributed by atoms with E-state index < -0.39 is 0 Å². The maximum atomic E-state index is 13.5. The highest BCUT2D eigenvalue weighted by Gasteiger charge is 2.42. The van der Waals surface area contributed by atoms with E-state index in [0.717, 1.165) is 38.3 Å². The predicted molar refractivity (Wildman–Crippen MR) is 120 cm³/mol. The quantitative estimate of drug-likeness (QED) is 0.751. The third-order valence-corrected chi connectivity index (χ3v) is 7.03. The topological polar surface area (TPSA) is 43.9 Å². The lowest BCUT2D eigenvalue weighted by molar-refractivity contribution is -0.145. The first-order valence-electron chi connectivity index (χ1n) is 11.5. The number of rotatable bonds is 5. The van der Waals surface area contributed by atoms with E-state index in [4.69, 9.17) is 0 Å². The summed E-state index contributed by atoms with van der Waals surface area (Å²) in [4.78, 5) is 32.4. The molecule has 3 saturated heterocycles. The third kappa shape index (κ3) is 4.52. The van der Waals surface area contributed by atoms with Crippen molar-refractivity contribution in [2.75, 3.05) is 26.2 Å². The fraction of sp³-hybridized carbons (Fsp3) is 0.462. The fourth-order valence-electron chi connectivity index (χ4n) is 5.72. The van der Waals surface area contributed by atoms with Crippen LogP contribution in [0.25, 0.3) is 0 Å². The Labute approximate surface area is 184 Å². The van der Waals surface area contributed by atoms with Gasteiger partial charge in [-0.15, -0.1) is 0 Å². The molecule has 2 aromatic rings. The summed E-state index contributed by atoms with van der Waals surface area (Å²) in [7, 11) is 0. The monoisotopic (exact) mass is 417 g/mol. The van der Waals surface area contributed by atoms with Gasteiger partial charge in [-0.3, -0.25) is 14.5 Å². The van der Waals surface area contributed by atoms with Crippen LogP contribution in [0.15, 0.2) is 60.7 Å². The molecule has 0 spiro atoms. The van der Waals surface area contributed by atoms with Crippen LogP contribution in [0.5, 0.6) is 0 Å². The van der Waals surface area contributed by atoms with Crippen LogP contribution < -0.4 is 0 Å². The molecule has 2 bridgehead atoms. The Morgan fingerprint density at radius 3 is 2.00 bits per heavy atom. The zero-order valence-electron chi connectivity index (χ0n) is 18.0. The van der Waals surface area contributed by atoms with Gasteiger partial charge in [-0.1, -0.05) is 60.7 Å². The molecular formula is C26H31N3O2. The van der Waals surface area contributed by atoms with Crippen molar-refractivity contribution in [2.45, 2.75) is 38.4 Å². The van der Waals surface area contributed by atoms with Crippen molar-refractivity contribution in [1.82, 2.24) is 14.7 Å². The number of carbonyl (C=O) groups excluding carboxylic acids is 2. The number of nitrogens with zero attached hydrogens (tertiary/aromatic N) is 3. The van der Waals surface area contributed by atoms with Crippen molar-refractivity contribution in [1.29, 1.82) is 0 Å². The first-order valence-corrected chi connectivity index (χ1v) is 11.5. The average molecular weight is 418 g/mol. The Morgan fingerprint density at radius 1 is 0.806 bits per heavy atom. The summed E-state index contributed by atoms with van der Waals surface area (Å²) in [5, 5.41) is 0. The molecule has 3 atom stereocenters. The van der Waals surface area contributed by atoms with Gasteiger partial charge in [0.2, 0.25) is 11.8 Å². The Kier molecular flexibility index (Phi) is 5.77. The molecule has 0 aliphatic carbocycles. The van der Waals surface area contributed by atoms with E-state index in [9.17, 15) is 9.59 Å². The normalized spacial score (nSPS) is 26.3. The van der Waals surface area contributed by atoms with Crippen LogP contribution in [0.1, 0.15) is 30.4 Å². The van der Waals surface area contributed by atoms with E-state index in [1.807, 2.05) is 35.2 Å². The highest BCUT2D eigenvalue weighted by atomic mass is 16.2. The Bertz CT molecular complexity index is 903. The molecule has 0 saturated carbocycles. The molecule has 162 valence electrons.